The predicted octanol–water partition coefficient (Wildman–Crippen LogP) is 5.34. The molecular weight excluding hydrogens is 539 g/mol. The quantitative estimate of drug-likeness (QED) is 0.295. The van der Waals surface area contributed by atoms with E-state index < -0.39 is 23.4 Å². The van der Waals surface area contributed by atoms with E-state index >= 15 is 0 Å². The molecule has 10 heteroatoms. The lowest BCUT2D eigenvalue weighted by molar-refractivity contribution is -0.158. The van der Waals surface area contributed by atoms with Gasteiger partial charge in [-0.2, -0.15) is 0 Å². The van der Waals surface area contributed by atoms with Gasteiger partial charge in [-0.15, -0.1) is 0 Å². The number of esters is 2. The van der Waals surface area contributed by atoms with Crippen LogP contribution in [0.4, 0.5) is 10.3 Å². The lowest BCUT2D eigenvalue weighted by Crippen LogP contribution is -2.27. The van der Waals surface area contributed by atoms with Gasteiger partial charge < -0.3 is 20.1 Å². The second kappa shape index (κ2) is 11.6. The number of carbonyl (C=O) groups is 3. The topological polar surface area (TPSA) is 125 Å². The molecule has 3 aromatic carbocycles. The van der Waals surface area contributed by atoms with Gasteiger partial charge in [-0.25, -0.2) is 14.4 Å². The molecule has 4 aromatic rings. The van der Waals surface area contributed by atoms with Crippen molar-refractivity contribution in [2.75, 3.05) is 5.73 Å². The van der Waals surface area contributed by atoms with Crippen LogP contribution in [0.25, 0.3) is 22.0 Å². The number of halogens is 1. The van der Waals surface area contributed by atoms with Gasteiger partial charge in [0.05, 0.1) is 18.4 Å². The van der Waals surface area contributed by atoms with Gasteiger partial charge in [-0.3, -0.25) is 14.4 Å². The van der Waals surface area contributed by atoms with Gasteiger partial charge in [0.2, 0.25) is 5.95 Å². The smallest absolute Gasteiger partial charge is 0.306 e. The molecule has 0 saturated heterocycles. The van der Waals surface area contributed by atoms with E-state index in [4.69, 9.17) is 15.2 Å². The summed E-state index contributed by atoms with van der Waals surface area (Å²) in [5.74, 6) is -1.88. The predicted molar refractivity (Wildman–Crippen MR) is 154 cm³/mol. The summed E-state index contributed by atoms with van der Waals surface area (Å²) in [6.07, 6.45) is -0.259. The summed E-state index contributed by atoms with van der Waals surface area (Å²) in [4.78, 5) is 48.2. The van der Waals surface area contributed by atoms with Crippen molar-refractivity contribution in [2.24, 2.45) is 0 Å². The van der Waals surface area contributed by atoms with E-state index in [2.05, 4.69) is 9.97 Å². The minimum Gasteiger partial charge on any atom is -0.461 e. The first kappa shape index (κ1) is 28.7. The first-order valence-electron chi connectivity index (χ1n) is 13.6. The molecule has 0 unspecified atom stereocenters. The molecule has 0 bridgehead atoms. The van der Waals surface area contributed by atoms with Gasteiger partial charge in [0, 0.05) is 18.5 Å². The fourth-order valence-corrected chi connectivity index (χ4v) is 4.87. The Hall–Kier alpha value is -4.86. The van der Waals surface area contributed by atoms with Crippen molar-refractivity contribution < 1.29 is 28.2 Å². The third-order valence-electron chi connectivity index (χ3n) is 6.77. The second-order valence-electron chi connectivity index (χ2n) is 11.1. The third kappa shape index (κ3) is 6.54. The normalized spacial score (nSPS) is 12.7. The van der Waals surface area contributed by atoms with Crippen molar-refractivity contribution in [3.05, 3.63) is 88.9 Å². The van der Waals surface area contributed by atoms with Crippen LogP contribution in [-0.4, -0.2) is 38.3 Å². The minimum absolute atomic E-state index is 0.0277. The second-order valence-corrected chi connectivity index (χ2v) is 11.1. The van der Waals surface area contributed by atoms with Gasteiger partial charge in [0.15, 0.2) is 0 Å². The van der Waals surface area contributed by atoms with Gasteiger partial charge in [0.25, 0.3) is 5.91 Å². The number of benzene rings is 3. The van der Waals surface area contributed by atoms with Crippen LogP contribution in [0.15, 0.2) is 60.7 Å². The molecule has 1 aliphatic heterocycles. The van der Waals surface area contributed by atoms with Crippen molar-refractivity contribution >= 4 is 34.7 Å². The Labute approximate surface area is 242 Å². The van der Waals surface area contributed by atoms with E-state index in [-0.39, 0.29) is 37.0 Å². The van der Waals surface area contributed by atoms with E-state index in [0.29, 0.717) is 40.7 Å². The monoisotopic (exact) mass is 570 g/mol. The maximum absolute atomic E-state index is 14.4. The Morgan fingerprint density at radius 1 is 0.929 bits per heavy atom. The van der Waals surface area contributed by atoms with Crippen LogP contribution >= 0.6 is 0 Å². The molecule has 2 N–H and O–H groups in total. The van der Waals surface area contributed by atoms with E-state index in [1.54, 1.807) is 43.9 Å². The highest BCUT2D eigenvalue weighted by Crippen LogP contribution is 2.31. The molecule has 1 aromatic heterocycles. The van der Waals surface area contributed by atoms with Crippen LogP contribution in [0.2, 0.25) is 0 Å². The number of nitrogens with zero attached hydrogens (tertiary/aromatic N) is 3. The van der Waals surface area contributed by atoms with E-state index in [1.165, 1.54) is 18.2 Å². The Bertz CT molecular complexity index is 1670. The molecule has 0 spiro atoms. The molecule has 0 atom stereocenters. The number of rotatable bonds is 7. The summed E-state index contributed by atoms with van der Waals surface area (Å²) < 4.78 is 25.1. The number of aromatic nitrogens is 2. The highest BCUT2D eigenvalue weighted by Gasteiger charge is 2.27. The lowest BCUT2D eigenvalue weighted by atomic mass is 9.97. The van der Waals surface area contributed by atoms with Crippen molar-refractivity contribution in [3.63, 3.8) is 0 Å². The summed E-state index contributed by atoms with van der Waals surface area (Å²) in [6.45, 7) is 6.00. The number of amides is 1. The first-order chi connectivity index (χ1) is 20.0. The largest absolute Gasteiger partial charge is 0.461 e. The highest BCUT2D eigenvalue weighted by atomic mass is 19.1. The number of hydrogen-bond acceptors (Lipinski definition) is 8. The Kier molecular flexibility index (Phi) is 7.89. The van der Waals surface area contributed by atoms with Crippen molar-refractivity contribution in [3.8, 4) is 11.1 Å². The molecule has 1 aliphatic rings. The van der Waals surface area contributed by atoms with E-state index in [1.807, 2.05) is 24.3 Å². The molecule has 1 amide bonds. The Morgan fingerprint density at radius 3 is 2.31 bits per heavy atom. The zero-order chi connectivity index (χ0) is 30.0. The number of nitrogens with two attached hydrogens (primary N) is 1. The van der Waals surface area contributed by atoms with Crippen LogP contribution in [0, 0.1) is 5.82 Å². The molecule has 0 saturated carbocycles. The summed E-state index contributed by atoms with van der Waals surface area (Å²) in [6, 6.07) is 17.1. The van der Waals surface area contributed by atoms with E-state index in [0.717, 1.165) is 11.1 Å². The fraction of sp³-hybridized carbons (Fsp3) is 0.281. The number of nitrogen functional groups attached to an aromatic ring is 1. The Morgan fingerprint density at radius 2 is 1.62 bits per heavy atom. The van der Waals surface area contributed by atoms with Crippen LogP contribution < -0.4 is 5.73 Å². The maximum Gasteiger partial charge on any atom is 0.306 e. The summed E-state index contributed by atoms with van der Waals surface area (Å²) >= 11 is 0. The standard InChI is InChI=1S/C32H31FN4O5/c1-32(2,3)42-28(39)13-12-27(38)41-18-22-8-10-23(33)15-24(22)19-9-11-26-25(14-19)29(36-31(34)35-26)30(40)37-16-20-6-4-5-7-21(20)17-37/h4-11,14-15H,12-13,16-18H2,1-3H3,(H2,34,35,36). The molecule has 2 heterocycles. The van der Waals surface area contributed by atoms with Gasteiger partial charge in [-0.05, 0) is 72.9 Å². The van der Waals surface area contributed by atoms with Gasteiger partial charge in [-0.1, -0.05) is 36.4 Å². The lowest BCUT2D eigenvalue weighted by Gasteiger charge is -2.19. The van der Waals surface area contributed by atoms with Gasteiger partial charge >= 0.3 is 11.9 Å². The number of fused-ring (bicyclic) bond motifs is 2. The SMILES string of the molecule is CC(C)(C)OC(=O)CCC(=O)OCc1ccc(F)cc1-c1ccc2nc(N)nc(C(=O)N3Cc4ccccc4C3)c2c1. The van der Waals surface area contributed by atoms with Gasteiger partial charge in [0.1, 0.15) is 23.7 Å². The Balaban J connectivity index is 1.39. The zero-order valence-corrected chi connectivity index (χ0v) is 23.6. The molecule has 216 valence electrons. The number of ether oxygens (including phenoxy) is 2. The molecule has 0 fully saturated rings. The number of carbonyl (C=O) groups excluding carboxylic acids is 3. The first-order valence-corrected chi connectivity index (χ1v) is 13.6. The molecular formula is C32H31FN4O5. The maximum atomic E-state index is 14.4. The summed E-state index contributed by atoms with van der Waals surface area (Å²) in [5, 5.41) is 0.465. The van der Waals surface area contributed by atoms with Crippen LogP contribution in [0.1, 0.15) is 60.8 Å². The van der Waals surface area contributed by atoms with Crippen LogP contribution in [0.5, 0.6) is 0 Å². The summed E-state index contributed by atoms with van der Waals surface area (Å²) in [7, 11) is 0. The van der Waals surface area contributed by atoms with Crippen LogP contribution in [0.3, 0.4) is 0 Å². The zero-order valence-electron chi connectivity index (χ0n) is 23.6. The summed E-state index contributed by atoms with van der Waals surface area (Å²) in [5.41, 5.74) is 9.67. The highest BCUT2D eigenvalue weighted by molar-refractivity contribution is 6.06. The van der Waals surface area contributed by atoms with Crippen molar-refractivity contribution in [1.29, 1.82) is 0 Å². The molecule has 5 rings (SSSR count). The molecule has 9 nitrogen and oxygen atoms in total. The van der Waals surface area contributed by atoms with Crippen molar-refractivity contribution in [1.82, 2.24) is 14.9 Å². The van der Waals surface area contributed by atoms with E-state index in [9.17, 15) is 18.8 Å². The van der Waals surface area contributed by atoms with Crippen molar-refractivity contribution in [2.45, 2.75) is 58.9 Å². The third-order valence-corrected chi connectivity index (χ3v) is 6.77. The fourth-order valence-electron chi connectivity index (χ4n) is 4.87. The molecule has 42 heavy (non-hydrogen) atoms. The van der Waals surface area contributed by atoms with Crippen LogP contribution in [-0.2, 0) is 38.8 Å². The average molecular weight is 571 g/mol. The number of hydrogen-bond donors (Lipinski definition) is 1. The molecule has 0 aliphatic carbocycles. The minimum atomic E-state index is -0.648. The number of anilines is 1. The average Bonchev–Trinajstić information content (AvgIpc) is 3.38. The molecule has 0 radical (unpaired) electrons.